The summed E-state index contributed by atoms with van der Waals surface area (Å²) in [6, 6.07) is 5.54. The third-order valence-corrected chi connectivity index (χ3v) is 4.63. The van der Waals surface area contributed by atoms with Crippen LogP contribution in [0.3, 0.4) is 0 Å². The zero-order valence-electron chi connectivity index (χ0n) is 12.8. The van der Waals surface area contributed by atoms with Crippen LogP contribution in [0.1, 0.15) is 36.5 Å². The third-order valence-electron chi connectivity index (χ3n) is 4.63. The average Bonchev–Trinajstić information content (AvgIpc) is 3.27. The summed E-state index contributed by atoms with van der Waals surface area (Å²) >= 11 is 0. The molecule has 3 rings (SSSR count). The first-order valence-electron chi connectivity index (χ1n) is 7.64. The molecule has 4 nitrogen and oxygen atoms in total. The van der Waals surface area contributed by atoms with Gasteiger partial charge in [-0.2, -0.15) is 0 Å². The van der Waals surface area contributed by atoms with Crippen LogP contribution in [-0.4, -0.2) is 28.8 Å². The van der Waals surface area contributed by atoms with Crippen LogP contribution >= 0.6 is 0 Å². The van der Waals surface area contributed by atoms with Crippen molar-refractivity contribution in [1.29, 1.82) is 0 Å². The Labute approximate surface area is 125 Å². The van der Waals surface area contributed by atoms with E-state index >= 15 is 0 Å². The van der Waals surface area contributed by atoms with Crippen molar-refractivity contribution in [2.24, 2.45) is 5.92 Å². The van der Waals surface area contributed by atoms with Crippen LogP contribution in [0.2, 0.25) is 0 Å². The number of carbonyl (C=O) groups is 2. The van der Waals surface area contributed by atoms with Crippen molar-refractivity contribution >= 4 is 11.8 Å². The van der Waals surface area contributed by atoms with Crippen LogP contribution in [0.15, 0.2) is 18.2 Å². The summed E-state index contributed by atoms with van der Waals surface area (Å²) in [7, 11) is 0. The van der Waals surface area contributed by atoms with E-state index in [0.29, 0.717) is 12.5 Å². The molecule has 2 fully saturated rings. The predicted molar refractivity (Wildman–Crippen MR) is 80.6 cm³/mol. The summed E-state index contributed by atoms with van der Waals surface area (Å²) in [5.74, 6) is 0.386. The molecule has 1 aliphatic heterocycles. The quantitative estimate of drug-likeness (QED) is 0.923. The number of carbonyl (C=O) groups excluding carboxylic acids is 2. The lowest BCUT2D eigenvalue weighted by Crippen LogP contribution is -2.62. The summed E-state index contributed by atoms with van der Waals surface area (Å²) < 4.78 is 0. The molecule has 1 saturated heterocycles. The zero-order chi connectivity index (χ0) is 15.1. The molecule has 2 amide bonds. The first kappa shape index (κ1) is 14.1. The molecule has 0 radical (unpaired) electrons. The molecule has 1 aromatic carbocycles. The van der Waals surface area contributed by atoms with E-state index in [9.17, 15) is 9.59 Å². The fraction of sp³-hybridized carbons (Fsp3) is 0.529. The molecule has 1 aromatic rings. The molecule has 0 bridgehead atoms. The van der Waals surface area contributed by atoms with Gasteiger partial charge in [0.25, 0.3) is 0 Å². The maximum absolute atomic E-state index is 12.7. The predicted octanol–water partition coefficient (Wildman–Crippen LogP) is 1.93. The Morgan fingerprint density at radius 3 is 2.62 bits per heavy atom. The number of amides is 2. The van der Waals surface area contributed by atoms with Crippen LogP contribution in [0.4, 0.5) is 0 Å². The molecule has 0 spiro atoms. The number of hydrogen-bond acceptors (Lipinski definition) is 2. The highest BCUT2D eigenvalue weighted by molar-refractivity contribution is 5.97. The van der Waals surface area contributed by atoms with E-state index in [-0.39, 0.29) is 17.9 Å². The lowest BCUT2D eigenvalue weighted by Gasteiger charge is -2.38. The first-order chi connectivity index (χ1) is 9.97. The van der Waals surface area contributed by atoms with E-state index in [0.717, 1.165) is 24.0 Å². The van der Waals surface area contributed by atoms with Gasteiger partial charge in [0.15, 0.2) is 0 Å². The Morgan fingerprint density at radius 1 is 1.24 bits per heavy atom. The summed E-state index contributed by atoms with van der Waals surface area (Å²) in [5, 5.41) is 2.89. The zero-order valence-corrected chi connectivity index (χ0v) is 12.8. The van der Waals surface area contributed by atoms with Crippen LogP contribution in [0, 0.1) is 19.8 Å². The topological polar surface area (TPSA) is 49.4 Å². The van der Waals surface area contributed by atoms with Gasteiger partial charge in [-0.3, -0.25) is 9.59 Å². The molecule has 2 aliphatic rings. The largest absolute Gasteiger partial charge is 0.342 e. The van der Waals surface area contributed by atoms with Crippen LogP contribution < -0.4 is 5.32 Å². The molecular formula is C17H22N2O2. The van der Waals surface area contributed by atoms with E-state index in [1.807, 2.05) is 20.8 Å². The Morgan fingerprint density at radius 2 is 1.95 bits per heavy atom. The van der Waals surface area contributed by atoms with Crippen LogP contribution in [0.5, 0.6) is 0 Å². The first-order valence-corrected chi connectivity index (χ1v) is 7.64. The average molecular weight is 286 g/mol. The second-order valence-corrected chi connectivity index (χ2v) is 6.40. The smallest absolute Gasteiger partial charge is 0.246 e. The highest BCUT2D eigenvalue weighted by Gasteiger charge is 2.45. The molecule has 4 heteroatoms. The van der Waals surface area contributed by atoms with Crippen molar-refractivity contribution in [2.75, 3.05) is 0 Å². The number of nitrogens with zero attached hydrogens (tertiary/aromatic N) is 1. The summed E-state index contributed by atoms with van der Waals surface area (Å²) in [6.07, 6.45) is 2.09. The maximum atomic E-state index is 12.7. The van der Waals surface area contributed by atoms with Gasteiger partial charge in [0.1, 0.15) is 12.1 Å². The molecule has 1 heterocycles. The number of nitrogens with one attached hydrogen (secondary N) is 1. The Kier molecular flexibility index (Phi) is 3.47. The highest BCUT2D eigenvalue weighted by Crippen LogP contribution is 2.35. The fourth-order valence-corrected chi connectivity index (χ4v) is 2.96. The van der Waals surface area contributed by atoms with Gasteiger partial charge < -0.3 is 10.2 Å². The van der Waals surface area contributed by atoms with Gasteiger partial charge in [-0.1, -0.05) is 23.8 Å². The molecule has 0 aromatic heterocycles. The second kappa shape index (κ2) is 5.17. The SMILES string of the molecule is Cc1ccc(C)c(CN2C(=O)C(C3CC3)NC(=O)C2C)c1. The monoisotopic (exact) mass is 286 g/mol. The molecule has 1 N–H and O–H groups in total. The third kappa shape index (κ3) is 2.67. The van der Waals surface area contributed by atoms with E-state index in [2.05, 4.69) is 23.5 Å². The lowest BCUT2D eigenvalue weighted by atomic mass is 10.0. The van der Waals surface area contributed by atoms with Crippen molar-refractivity contribution in [3.05, 3.63) is 34.9 Å². The van der Waals surface area contributed by atoms with Crippen molar-refractivity contribution < 1.29 is 9.59 Å². The number of piperazine rings is 1. The summed E-state index contributed by atoms with van der Waals surface area (Å²) in [6.45, 7) is 6.42. The number of benzene rings is 1. The van der Waals surface area contributed by atoms with E-state index in [1.54, 1.807) is 4.90 Å². The molecule has 1 aliphatic carbocycles. The van der Waals surface area contributed by atoms with Crippen LogP contribution in [-0.2, 0) is 16.1 Å². The Bertz CT molecular complexity index is 592. The number of rotatable bonds is 3. The fourth-order valence-electron chi connectivity index (χ4n) is 2.96. The molecule has 2 unspecified atom stereocenters. The maximum Gasteiger partial charge on any atom is 0.246 e. The van der Waals surface area contributed by atoms with Crippen molar-refractivity contribution in [2.45, 2.75) is 52.2 Å². The van der Waals surface area contributed by atoms with Crippen molar-refractivity contribution in [3.8, 4) is 0 Å². The van der Waals surface area contributed by atoms with Gasteiger partial charge in [0.05, 0.1) is 0 Å². The minimum atomic E-state index is -0.396. The standard InChI is InChI=1S/C17H22N2O2/c1-10-4-5-11(2)14(8-10)9-19-12(3)16(20)18-15(17(19)21)13-6-7-13/h4-5,8,12-13,15H,6-7,9H2,1-3H3,(H,18,20). The Hall–Kier alpha value is -1.84. The van der Waals surface area contributed by atoms with Gasteiger partial charge in [-0.05, 0) is 50.7 Å². The van der Waals surface area contributed by atoms with Gasteiger partial charge in [-0.15, -0.1) is 0 Å². The van der Waals surface area contributed by atoms with Gasteiger partial charge >= 0.3 is 0 Å². The highest BCUT2D eigenvalue weighted by atomic mass is 16.2. The van der Waals surface area contributed by atoms with E-state index in [4.69, 9.17) is 0 Å². The van der Waals surface area contributed by atoms with Crippen molar-refractivity contribution in [3.63, 3.8) is 0 Å². The van der Waals surface area contributed by atoms with E-state index < -0.39 is 6.04 Å². The lowest BCUT2D eigenvalue weighted by molar-refractivity contribution is -0.149. The summed E-state index contributed by atoms with van der Waals surface area (Å²) in [5.41, 5.74) is 3.46. The second-order valence-electron chi connectivity index (χ2n) is 6.40. The summed E-state index contributed by atoms with van der Waals surface area (Å²) in [4.78, 5) is 26.5. The van der Waals surface area contributed by atoms with Crippen LogP contribution in [0.25, 0.3) is 0 Å². The Balaban J connectivity index is 1.85. The number of aryl methyl sites for hydroxylation is 2. The molecular weight excluding hydrogens is 264 g/mol. The van der Waals surface area contributed by atoms with Crippen molar-refractivity contribution in [1.82, 2.24) is 10.2 Å². The van der Waals surface area contributed by atoms with E-state index in [1.165, 1.54) is 5.56 Å². The minimum absolute atomic E-state index is 0.0307. The molecule has 112 valence electrons. The van der Waals surface area contributed by atoms with Gasteiger partial charge in [-0.25, -0.2) is 0 Å². The minimum Gasteiger partial charge on any atom is -0.342 e. The van der Waals surface area contributed by atoms with Gasteiger partial charge in [0.2, 0.25) is 11.8 Å². The molecule has 21 heavy (non-hydrogen) atoms. The normalized spacial score (nSPS) is 26.0. The molecule has 2 atom stereocenters. The number of hydrogen-bond donors (Lipinski definition) is 1. The van der Waals surface area contributed by atoms with Gasteiger partial charge in [0, 0.05) is 6.54 Å². The molecule has 1 saturated carbocycles.